The third-order valence-corrected chi connectivity index (χ3v) is 5.05. The molecule has 17 heavy (non-hydrogen) atoms. The van der Waals surface area contributed by atoms with Gasteiger partial charge in [-0.15, -0.1) is 11.8 Å². The summed E-state index contributed by atoms with van der Waals surface area (Å²) >= 11 is 7.70. The minimum absolute atomic E-state index is 0.609. The van der Waals surface area contributed by atoms with E-state index in [-0.39, 0.29) is 0 Å². The molecule has 0 amide bonds. The molecule has 0 bridgehead atoms. The van der Waals surface area contributed by atoms with Gasteiger partial charge in [-0.2, -0.15) is 0 Å². The van der Waals surface area contributed by atoms with E-state index in [0.29, 0.717) is 16.2 Å². The van der Waals surface area contributed by atoms with E-state index in [1.165, 1.54) is 19.3 Å². The molecule has 1 aliphatic rings. The zero-order chi connectivity index (χ0) is 12.3. The van der Waals surface area contributed by atoms with Crippen LogP contribution in [0.25, 0.3) is 0 Å². The van der Waals surface area contributed by atoms with Crippen molar-refractivity contribution < 1.29 is 0 Å². The first-order chi connectivity index (χ1) is 8.19. The van der Waals surface area contributed by atoms with E-state index in [0.717, 1.165) is 17.5 Å². The highest BCUT2D eigenvalue weighted by molar-refractivity contribution is 7.99. The monoisotopic (exact) mass is 270 g/mol. The highest BCUT2D eigenvalue weighted by Gasteiger charge is 2.28. The SMILES string of the molecule is CC1CCC(CN)C(Sc2ccc(Cl)cn2)C1. The van der Waals surface area contributed by atoms with E-state index < -0.39 is 0 Å². The van der Waals surface area contributed by atoms with E-state index >= 15 is 0 Å². The Morgan fingerprint density at radius 1 is 1.47 bits per heavy atom. The summed E-state index contributed by atoms with van der Waals surface area (Å²) in [6, 6.07) is 3.90. The van der Waals surface area contributed by atoms with Crippen molar-refractivity contribution in [2.75, 3.05) is 6.54 Å². The molecule has 1 saturated carbocycles. The molecule has 1 aliphatic carbocycles. The van der Waals surface area contributed by atoms with Crippen LogP contribution in [-0.4, -0.2) is 16.8 Å². The number of nitrogens with two attached hydrogens (primary N) is 1. The molecule has 2 nitrogen and oxygen atoms in total. The summed E-state index contributed by atoms with van der Waals surface area (Å²) in [7, 11) is 0. The standard InChI is InChI=1S/C13H19ClN2S/c1-9-2-3-10(7-15)12(6-9)17-13-5-4-11(14)8-16-13/h4-5,8-10,12H,2-3,6-7,15H2,1H3. The molecule has 0 saturated heterocycles. The van der Waals surface area contributed by atoms with Gasteiger partial charge >= 0.3 is 0 Å². The molecule has 0 aliphatic heterocycles. The molecule has 1 heterocycles. The molecule has 3 unspecified atom stereocenters. The van der Waals surface area contributed by atoms with E-state index in [9.17, 15) is 0 Å². The number of pyridine rings is 1. The van der Waals surface area contributed by atoms with Crippen LogP contribution in [0.2, 0.25) is 5.02 Å². The van der Waals surface area contributed by atoms with Gasteiger partial charge in [0.15, 0.2) is 0 Å². The normalized spacial score (nSPS) is 29.2. The molecular formula is C13H19ClN2S. The zero-order valence-electron chi connectivity index (χ0n) is 10.1. The molecule has 1 aromatic heterocycles. The topological polar surface area (TPSA) is 38.9 Å². The van der Waals surface area contributed by atoms with Gasteiger partial charge in [0.1, 0.15) is 0 Å². The maximum atomic E-state index is 5.86. The largest absolute Gasteiger partial charge is 0.330 e. The molecule has 2 rings (SSSR count). The lowest BCUT2D eigenvalue weighted by Crippen LogP contribution is -2.31. The first kappa shape index (κ1) is 13.2. The highest BCUT2D eigenvalue weighted by atomic mass is 35.5. The van der Waals surface area contributed by atoms with E-state index in [1.54, 1.807) is 6.20 Å². The van der Waals surface area contributed by atoms with Crippen LogP contribution in [0.15, 0.2) is 23.4 Å². The second kappa shape index (κ2) is 6.07. The maximum Gasteiger partial charge on any atom is 0.0963 e. The van der Waals surface area contributed by atoms with Gasteiger partial charge in [-0.05, 0) is 43.4 Å². The fraction of sp³-hybridized carbons (Fsp3) is 0.615. The summed E-state index contributed by atoms with van der Waals surface area (Å²) in [5.74, 6) is 1.44. The number of halogens is 1. The third kappa shape index (κ3) is 3.60. The number of hydrogen-bond donors (Lipinski definition) is 1. The molecular weight excluding hydrogens is 252 g/mol. The second-order valence-electron chi connectivity index (χ2n) is 4.88. The number of thioether (sulfide) groups is 1. The summed E-state index contributed by atoms with van der Waals surface area (Å²) < 4.78 is 0. The Labute approximate surface area is 112 Å². The van der Waals surface area contributed by atoms with Gasteiger partial charge in [0, 0.05) is 11.4 Å². The zero-order valence-corrected chi connectivity index (χ0v) is 11.7. The van der Waals surface area contributed by atoms with Crippen molar-refractivity contribution >= 4 is 23.4 Å². The molecule has 0 spiro atoms. The van der Waals surface area contributed by atoms with Gasteiger partial charge in [0.05, 0.1) is 10.0 Å². The van der Waals surface area contributed by atoms with Crippen molar-refractivity contribution in [2.45, 2.75) is 36.5 Å². The van der Waals surface area contributed by atoms with Crippen molar-refractivity contribution in [1.29, 1.82) is 0 Å². The van der Waals surface area contributed by atoms with E-state index in [2.05, 4.69) is 11.9 Å². The lowest BCUT2D eigenvalue weighted by Gasteiger charge is -2.33. The van der Waals surface area contributed by atoms with Gasteiger partial charge in [-0.25, -0.2) is 4.98 Å². The first-order valence-electron chi connectivity index (χ1n) is 6.17. The molecule has 1 aromatic rings. The fourth-order valence-corrected chi connectivity index (χ4v) is 3.94. The second-order valence-corrected chi connectivity index (χ2v) is 6.58. The molecule has 3 atom stereocenters. The number of aromatic nitrogens is 1. The van der Waals surface area contributed by atoms with Gasteiger partial charge < -0.3 is 5.73 Å². The summed E-state index contributed by atoms with van der Waals surface area (Å²) in [6.45, 7) is 3.12. The van der Waals surface area contributed by atoms with Crippen LogP contribution < -0.4 is 5.73 Å². The van der Waals surface area contributed by atoms with Crippen LogP contribution in [0.3, 0.4) is 0 Å². The number of nitrogens with zero attached hydrogens (tertiary/aromatic N) is 1. The Hall–Kier alpha value is -0.250. The molecule has 1 fully saturated rings. The minimum atomic E-state index is 0.609. The Morgan fingerprint density at radius 2 is 2.29 bits per heavy atom. The van der Waals surface area contributed by atoms with Crippen LogP contribution in [-0.2, 0) is 0 Å². The lowest BCUT2D eigenvalue weighted by atomic mass is 9.82. The summed E-state index contributed by atoms with van der Waals surface area (Å²) in [5.41, 5.74) is 5.86. The Balaban J connectivity index is 2.02. The van der Waals surface area contributed by atoms with Crippen LogP contribution in [0.5, 0.6) is 0 Å². The first-order valence-corrected chi connectivity index (χ1v) is 7.43. The lowest BCUT2D eigenvalue weighted by molar-refractivity contribution is 0.306. The van der Waals surface area contributed by atoms with Gasteiger partial charge in [-0.3, -0.25) is 0 Å². The van der Waals surface area contributed by atoms with Crippen LogP contribution in [0.1, 0.15) is 26.2 Å². The van der Waals surface area contributed by atoms with E-state index in [4.69, 9.17) is 17.3 Å². The Bertz CT molecular complexity index is 355. The van der Waals surface area contributed by atoms with Crippen LogP contribution >= 0.6 is 23.4 Å². The van der Waals surface area contributed by atoms with Crippen molar-refractivity contribution in [2.24, 2.45) is 17.6 Å². The predicted molar refractivity (Wildman–Crippen MR) is 74.5 cm³/mol. The number of rotatable bonds is 3. The van der Waals surface area contributed by atoms with E-state index in [1.807, 2.05) is 23.9 Å². The Morgan fingerprint density at radius 3 is 2.94 bits per heavy atom. The van der Waals surface area contributed by atoms with Crippen molar-refractivity contribution in [3.63, 3.8) is 0 Å². The maximum absolute atomic E-state index is 5.86. The average Bonchev–Trinajstić information content (AvgIpc) is 2.32. The summed E-state index contributed by atoms with van der Waals surface area (Å²) in [4.78, 5) is 4.36. The predicted octanol–water partition coefficient (Wildman–Crippen LogP) is 3.59. The van der Waals surface area contributed by atoms with Gasteiger partial charge in [0.2, 0.25) is 0 Å². The fourth-order valence-electron chi connectivity index (χ4n) is 2.39. The molecule has 4 heteroatoms. The molecule has 94 valence electrons. The summed E-state index contributed by atoms with van der Waals surface area (Å²) in [6.07, 6.45) is 5.53. The van der Waals surface area contributed by atoms with Gasteiger partial charge in [-0.1, -0.05) is 24.9 Å². The minimum Gasteiger partial charge on any atom is -0.330 e. The van der Waals surface area contributed by atoms with Crippen molar-refractivity contribution in [1.82, 2.24) is 4.98 Å². The highest BCUT2D eigenvalue weighted by Crippen LogP contribution is 2.38. The quantitative estimate of drug-likeness (QED) is 0.912. The molecule has 0 aromatic carbocycles. The average molecular weight is 271 g/mol. The van der Waals surface area contributed by atoms with Crippen LogP contribution in [0.4, 0.5) is 0 Å². The smallest absolute Gasteiger partial charge is 0.0963 e. The number of hydrogen-bond acceptors (Lipinski definition) is 3. The molecule has 0 radical (unpaired) electrons. The summed E-state index contributed by atoms with van der Waals surface area (Å²) in [5, 5.41) is 2.37. The van der Waals surface area contributed by atoms with Crippen molar-refractivity contribution in [3.05, 3.63) is 23.4 Å². The van der Waals surface area contributed by atoms with Crippen LogP contribution in [0, 0.1) is 11.8 Å². The van der Waals surface area contributed by atoms with Gasteiger partial charge in [0.25, 0.3) is 0 Å². The third-order valence-electron chi connectivity index (χ3n) is 3.47. The molecule has 2 N–H and O–H groups in total. The van der Waals surface area contributed by atoms with Crippen molar-refractivity contribution in [3.8, 4) is 0 Å². The Kier molecular flexibility index (Phi) is 4.71.